The molecule has 0 atom stereocenters. The number of benzene rings is 1. The van der Waals surface area contributed by atoms with Crippen LogP contribution in [0.15, 0.2) is 23.0 Å². The standard InChI is InChI=1S/C13H14N2O2/c1-17-9-4-5-10-11(7-9)13(16)15-14-12(10)6-8-2-3-8/h4-5,7-8H,2-3,6H2,1H3,(H,15,16). The number of aromatic nitrogens is 2. The molecule has 1 saturated carbocycles. The molecule has 1 aliphatic carbocycles. The molecule has 17 heavy (non-hydrogen) atoms. The van der Waals surface area contributed by atoms with Crippen LogP contribution in [0.2, 0.25) is 0 Å². The van der Waals surface area contributed by atoms with Gasteiger partial charge in [-0.3, -0.25) is 4.79 Å². The zero-order valence-corrected chi connectivity index (χ0v) is 9.69. The lowest BCUT2D eigenvalue weighted by Gasteiger charge is -2.05. The predicted octanol–water partition coefficient (Wildman–Crippen LogP) is 1.88. The maximum atomic E-state index is 11.7. The normalized spacial score (nSPS) is 15.1. The van der Waals surface area contributed by atoms with E-state index in [1.54, 1.807) is 13.2 Å². The van der Waals surface area contributed by atoms with Crippen LogP contribution in [0.5, 0.6) is 5.75 Å². The van der Waals surface area contributed by atoms with Crippen molar-refractivity contribution in [1.82, 2.24) is 10.2 Å². The van der Waals surface area contributed by atoms with Crippen LogP contribution in [-0.4, -0.2) is 17.3 Å². The molecule has 1 aromatic carbocycles. The highest BCUT2D eigenvalue weighted by molar-refractivity contribution is 5.84. The maximum absolute atomic E-state index is 11.7. The molecule has 0 spiro atoms. The quantitative estimate of drug-likeness (QED) is 0.876. The van der Waals surface area contributed by atoms with Gasteiger partial charge in [-0.1, -0.05) is 0 Å². The molecule has 1 aliphatic rings. The Hall–Kier alpha value is -1.84. The van der Waals surface area contributed by atoms with Gasteiger partial charge in [0.05, 0.1) is 18.2 Å². The van der Waals surface area contributed by atoms with Crippen molar-refractivity contribution >= 4 is 10.8 Å². The van der Waals surface area contributed by atoms with E-state index >= 15 is 0 Å². The third kappa shape index (κ3) is 1.90. The molecule has 0 bridgehead atoms. The predicted molar refractivity (Wildman–Crippen MR) is 65.3 cm³/mol. The van der Waals surface area contributed by atoms with Crippen LogP contribution in [-0.2, 0) is 6.42 Å². The molecule has 4 nitrogen and oxygen atoms in total. The fraction of sp³-hybridized carbons (Fsp3) is 0.385. The summed E-state index contributed by atoms with van der Waals surface area (Å²) in [6.45, 7) is 0. The molecule has 0 saturated heterocycles. The van der Waals surface area contributed by atoms with E-state index in [0.717, 1.165) is 23.4 Å². The zero-order chi connectivity index (χ0) is 11.8. The van der Waals surface area contributed by atoms with Gasteiger partial charge >= 0.3 is 0 Å². The molecule has 1 N–H and O–H groups in total. The van der Waals surface area contributed by atoms with Gasteiger partial charge in [0, 0.05) is 5.39 Å². The highest BCUT2D eigenvalue weighted by Gasteiger charge is 2.23. The third-order valence-corrected chi connectivity index (χ3v) is 3.25. The molecular formula is C13H14N2O2. The number of aromatic amines is 1. The first-order valence-electron chi connectivity index (χ1n) is 5.83. The lowest BCUT2D eigenvalue weighted by atomic mass is 10.1. The molecule has 0 amide bonds. The van der Waals surface area contributed by atoms with E-state index in [0.29, 0.717) is 11.1 Å². The van der Waals surface area contributed by atoms with E-state index in [1.165, 1.54) is 12.8 Å². The van der Waals surface area contributed by atoms with Crippen molar-refractivity contribution in [3.63, 3.8) is 0 Å². The van der Waals surface area contributed by atoms with Crippen LogP contribution in [0.4, 0.5) is 0 Å². The van der Waals surface area contributed by atoms with Gasteiger partial charge in [0.2, 0.25) is 0 Å². The van der Waals surface area contributed by atoms with E-state index in [2.05, 4.69) is 10.2 Å². The Kier molecular flexibility index (Phi) is 2.35. The summed E-state index contributed by atoms with van der Waals surface area (Å²) >= 11 is 0. The van der Waals surface area contributed by atoms with Gasteiger partial charge in [-0.25, -0.2) is 5.10 Å². The smallest absolute Gasteiger partial charge is 0.272 e. The van der Waals surface area contributed by atoms with Crippen LogP contribution in [0.25, 0.3) is 10.8 Å². The van der Waals surface area contributed by atoms with Crippen molar-refractivity contribution in [1.29, 1.82) is 0 Å². The largest absolute Gasteiger partial charge is 0.497 e. The highest BCUT2D eigenvalue weighted by atomic mass is 16.5. The van der Waals surface area contributed by atoms with E-state index in [-0.39, 0.29) is 5.56 Å². The fourth-order valence-electron chi connectivity index (χ4n) is 2.08. The van der Waals surface area contributed by atoms with Crippen LogP contribution < -0.4 is 10.3 Å². The van der Waals surface area contributed by atoms with Crippen LogP contribution in [0.3, 0.4) is 0 Å². The van der Waals surface area contributed by atoms with Gasteiger partial charge in [0.15, 0.2) is 0 Å². The zero-order valence-electron chi connectivity index (χ0n) is 9.69. The van der Waals surface area contributed by atoms with Crippen molar-refractivity contribution in [3.8, 4) is 5.75 Å². The Balaban J connectivity index is 2.17. The average molecular weight is 230 g/mol. The van der Waals surface area contributed by atoms with Gasteiger partial charge in [-0.2, -0.15) is 5.10 Å². The molecule has 88 valence electrons. The number of nitrogens with zero attached hydrogens (tertiary/aromatic N) is 1. The Bertz CT molecular complexity index is 614. The van der Waals surface area contributed by atoms with Gasteiger partial charge in [0.1, 0.15) is 5.75 Å². The lowest BCUT2D eigenvalue weighted by molar-refractivity contribution is 0.415. The van der Waals surface area contributed by atoms with E-state index in [9.17, 15) is 4.79 Å². The third-order valence-electron chi connectivity index (χ3n) is 3.25. The second kappa shape index (κ2) is 3.87. The number of methoxy groups -OCH3 is 1. The van der Waals surface area contributed by atoms with Crippen molar-refractivity contribution in [2.45, 2.75) is 19.3 Å². The summed E-state index contributed by atoms with van der Waals surface area (Å²) in [5.41, 5.74) is 0.836. The summed E-state index contributed by atoms with van der Waals surface area (Å²) in [6, 6.07) is 5.57. The molecule has 0 radical (unpaired) electrons. The molecule has 4 heteroatoms. The summed E-state index contributed by atoms with van der Waals surface area (Å²) in [5.74, 6) is 1.45. The Labute approximate surface area is 98.6 Å². The molecule has 0 aliphatic heterocycles. The Morgan fingerprint density at radius 2 is 2.24 bits per heavy atom. The van der Waals surface area contributed by atoms with Crippen molar-refractivity contribution < 1.29 is 4.74 Å². The number of H-pyrrole nitrogens is 1. The average Bonchev–Trinajstić information content (AvgIpc) is 3.16. The van der Waals surface area contributed by atoms with Gasteiger partial charge in [-0.05, 0) is 43.4 Å². The first-order chi connectivity index (χ1) is 8.28. The minimum Gasteiger partial charge on any atom is -0.497 e. The second-order valence-corrected chi connectivity index (χ2v) is 4.56. The molecule has 0 unspecified atom stereocenters. The molecule has 2 aromatic rings. The van der Waals surface area contributed by atoms with Crippen molar-refractivity contribution in [3.05, 3.63) is 34.2 Å². The molecule has 1 heterocycles. The minimum absolute atomic E-state index is 0.154. The Morgan fingerprint density at radius 1 is 1.41 bits per heavy atom. The van der Waals surface area contributed by atoms with Crippen molar-refractivity contribution in [2.75, 3.05) is 7.11 Å². The van der Waals surface area contributed by atoms with Crippen LogP contribution in [0.1, 0.15) is 18.5 Å². The number of nitrogens with one attached hydrogen (secondary N) is 1. The van der Waals surface area contributed by atoms with E-state index < -0.39 is 0 Å². The van der Waals surface area contributed by atoms with Gasteiger partial charge in [-0.15, -0.1) is 0 Å². The number of ether oxygens (including phenoxy) is 1. The molecular weight excluding hydrogens is 216 g/mol. The first kappa shape index (κ1) is 10.3. The number of fused-ring (bicyclic) bond motifs is 1. The second-order valence-electron chi connectivity index (χ2n) is 4.56. The van der Waals surface area contributed by atoms with Gasteiger partial charge < -0.3 is 4.74 Å². The lowest BCUT2D eigenvalue weighted by Crippen LogP contribution is -2.11. The maximum Gasteiger partial charge on any atom is 0.272 e. The summed E-state index contributed by atoms with van der Waals surface area (Å²) in [5, 5.41) is 8.34. The Morgan fingerprint density at radius 3 is 2.94 bits per heavy atom. The number of rotatable bonds is 3. The molecule has 1 fully saturated rings. The number of hydrogen-bond acceptors (Lipinski definition) is 3. The highest BCUT2D eigenvalue weighted by Crippen LogP contribution is 2.33. The summed E-state index contributed by atoms with van der Waals surface area (Å²) < 4.78 is 5.14. The van der Waals surface area contributed by atoms with Gasteiger partial charge in [0.25, 0.3) is 5.56 Å². The van der Waals surface area contributed by atoms with Crippen LogP contribution >= 0.6 is 0 Å². The van der Waals surface area contributed by atoms with Crippen molar-refractivity contribution in [2.24, 2.45) is 5.92 Å². The fourth-order valence-corrected chi connectivity index (χ4v) is 2.08. The summed E-state index contributed by atoms with van der Waals surface area (Å²) in [6.07, 6.45) is 3.51. The summed E-state index contributed by atoms with van der Waals surface area (Å²) in [4.78, 5) is 11.7. The van der Waals surface area contributed by atoms with E-state index in [1.807, 2.05) is 12.1 Å². The molecule has 1 aromatic heterocycles. The topological polar surface area (TPSA) is 55.0 Å². The molecule has 3 rings (SSSR count). The summed E-state index contributed by atoms with van der Waals surface area (Å²) in [7, 11) is 1.60. The number of hydrogen-bond donors (Lipinski definition) is 1. The SMILES string of the molecule is COc1ccc2c(CC3CC3)n[nH]c(=O)c2c1. The van der Waals surface area contributed by atoms with Crippen LogP contribution in [0, 0.1) is 5.92 Å². The van der Waals surface area contributed by atoms with E-state index in [4.69, 9.17) is 4.74 Å². The minimum atomic E-state index is -0.154. The monoisotopic (exact) mass is 230 g/mol. The first-order valence-corrected chi connectivity index (χ1v) is 5.83.